The lowest BCUT2D eigenvalue weighted by atomic mass is 10.0. The molecule has 0 radical (unpaired) electrons. The predicted octanol–water partition coefficient (Wildman–Crippen LogP) is 4.54. The number of aromatic nitrogens is 1. The molecule has 2 heterocycles. The summed E-state index contributed by atoms with van der Waals surface area (Å²) < 4.78 is 12.7. The quantitative estimate of drug-likeness (QED) is 0.367. The van der Waals surface area contributed by atoms with Gasteiger partial charge < -0.3 is 13.7 Å². The number of ether oxygens (including phenoxy) is 1. The molecule has 3 rings (SSSR count). The van der Waals surface area contributed by atoms with E-state index < -0.39 is 0 Å². The van der Waals surface area contributed by atoms with Gasteiger partial charge in [-0.25, -0.2) is 0 Å². The molecule has 27 heavy (non-hydrogen) atoms. The third-order valence-corrected chi connectivity index (χ3v) is 4.50. The Morgan fingerprint density at radius 2 is 2.07 bits per heavy atom. The van der Waals surface area contributed by atoms with Crippen LogP contribution >= 0.6 is 0 Å². The number of hydrogen-bond donors (Lipinski definition) is 0. The third-order valence-electron chi connectivity index (χ3n) is 4.50. The van der Waals surface area contributed by atoms with Crippen LogP contribution in [-0.2, 0) is 6.54 Å². The standard InChI is InChI=1S/C22H20N2O3/c1-15-10-18(16(2)24(15)14-21-8-5-9-27-21)11-19(13-23)22(25)17-6-4-7-20(12-17)26-3/h4-12H,14H2,1-3H3/b19-11+. The molecule has 136 valence electrons. The topological polar surface area (TPSA) is 68.2 Å². The van der Waals surface area contributed by atoms with Gasteiger partial charge in [0, 0.05) is 17.0 Å². The summed E-state index contributed by atoms with van der Waals surface area (Å²) in [4.78, 5) is 12.7. The zero-order chi connectivity index (χ0) is 19.4. The lowest BCUT2D eigenvalue weighted by Crippen LogP contribution is -2.04. The van der Waals surface area contributed by atoms with Gasteiger partial charge in [-0.3, -0.25) is 4.79 Å². The average Bonchev–Trinajstić information content (AvgIpc) is 3.29. The Morgan fingerprint density at radius 1 is 1.26 bits per heavy atom. The largest absolute Gasteiger partial charge is 0.497 e. The lowest BCUT2D eigenvalue weighted by molar-refractivity contribution is 0.103. The molecular formula is C22H20N2O3. The molecule has 0 saturated heterocycles. The van der Waals surface area contributed by atoms with Gasteiger partial charge in [0.1, 0.15) is 23.2 Å². The number of methoxy groups -OCH3 is 1. The van der Waals surface area contributed by atoms with Gasteiger partial charge in [-0.1, -0.05) is 12.1 Å². The molecule has 0 spiro atoms. The zero-order valence-corrected chi connectivity index (χ0v) is 15.5. The van der Waals surface area contributed by atoms with Crippen molar-refractivity contribution in [2.24, 2.45) is 0 Å². The maximum Gasteiger partial charge on any atom is 0.203 e. The van der Waals surface area contributed by atoms with E-state index in [0.717, 1.165) is 22.7 Å². The van der Waals surface area contributed by atoms with Crippen LogP contribution < -0.4 is 4.74 Å². The van der Waals surface area contributed by atoms with Crippen molar-refractivity contribution in [2.75, 3.05) is 7.11 Å². The molecule has 0 aliphatic heterocycles. The van der Waals surface area contributed by atoms with E-state index in [2.05, 4.69) is 4.57 Å². The van der Waals surface area contributed by atoms with Crippen molar-refractivity contribution < 1.29 is 13.9 Å². The number of rotatable bonds is 6. The van der Waals surface area contributed by atoms with Crippen molar-refractivity contribution in [2.45, 2.75) is 20.4 Å². The van der Waals surface area contributed by atoms with E-state index in [1.54, 1.807) is 43.7 Å². The second-order valence-electron chi connectivity index (χ2n) is 6.22. The van der Waals surface area contributed by atoms with Crippen LogP contribution in [0.25, 0.3) is 6.08 Å². The number of carbonyl (C=O) groups excluding carboxylic acids is 1. The number of ketones is 1. The summed E-state index contributed by atoms with van der Waals surface area (Å²) in [7, 11) is 1.54. The summed E-state index contributed by atoms with van der Waals surface area (Å²) in [6.07, 6.45) is 3.29. The van der Waals surface area contributed by atoms with E-state index in [1.807, 2.05) is 38.1 Å². The minimum atomic E-state index is -0.327. The number of nitrogens with zero attached hydrogens (tertiary/aromatic N) is 2. The minimum Gasteiger partial charge on any atom is -0.497 e. The van der Waals surface area contributed by atoms with Crippen molar-refractivity contribution in [3.8, 4) is 11.8 Å². The fraction of sp³-hybridized carbons (Fsp3) is 0.182. The average molecular weight is 360 g/mol. The van der Waals surface area contributed by atoms with E-state index in [9.17, 15) is 10.1 Å². The van der Waals surface area contributed by atoms with Crippen molar-refractivity contribution in [3.05, 3.63) is 82.6 Å². The highest BCUT2D eigenvalue weighted by atomic mass is 16.5. The number of carbonyl (C=O) groups is 1. The molecule has 1 aromatic carbocycles. The van der Waals surface area contributed by atoms with Crippen LogP contribution in [0.4, 0.5) is 0 Å². The second-order valence-corrected chi connectivity index (χ2v) is 6.22. The smallest absolute Gasteiger partial charge is 0.203 e. The second kappa shape index (κ2) is 7.79. The minimum absolute atomic E-state index is 0.0847. The number of allylic oxidation sites excluding steroid dienone is 1. The zero-order valence-electron chi connectivity index (χ0n) is 15.5. The SMILES string of the molecule is COc1cccc(C(=O)/C(C#N)=C/c2cc(C)n(Cc3ccco3)c2C)c1. The number of hydrogen-bond acceptors (Lipinski definition) is 4. The molecule has 5 nitrogen and oxygen atoms in total. The molecule has 0 bridgehead atoms. The van der Waals surface area contributed by atoms with Crippen LogP contribution in [0.1, 0.15) is 33.1 Å². The van der Waals surface area contributed by atoms with E-state index in [1.165, 1.54) is 0 Å². The fourth-order valence-electron chi connectivity index (χ4n) is 3.00. The summed E-state index contributed by atoms with van der Waals surface area (Å²) in [5.74, 6) is 1.10. The first-order valence-corrected chi connectivity index (χ1v) is 8.53. The summed E-state index contributed by atoms with van der Waals surface area (Å²) in [6.45, 7) is 4.56. The summed E-state index contributed by atoms with van der Waals surface area (Å²) in [6, 6.07) is 14.6. The van der Waals surface area contributed by atoms with Crippen molar-refractivity contribution in [3.63, 3.8) is 0 Å². The molecule has 0 aliphatic rings. The summed E-state index contributed by atoms with van der Waals surface area (Å²) >= 11 is 0. The highest BCUT2D eigenvalue weighted by molar-refractivity contribution is 6.14. The molecule has 0 fully saturated rings. The maximum absolute atomic E-state index is 12.7. The van der Waals surface area contributed by atoms with Crippen LogP contribution in [0.15, 0.2) is 58.7 Å². The Bertz CT molecular complexity index is 1030. The number of Topliss-reactive ketones (excluding diaryl/α,β-unsaturated/α-hetero) is 1. The van der Waals surface area contributed by atoms with Crippen LogP contribution in [0, 0.1) is 25.2 Å². The third kappa shape index (κ3) is 3.85. The van der Waals surface area contributed by atoms with E-state index >= 15 is 0 Å². The van der Waals surface area contributed by atoms with Crippen molar-refractivity contribution >= 4 is 11.9 Å². The van der Waals surface area contributed by atoms with Gasteiger partial charge in [0.25, 0.3) is 0 Å². The highest BCUT2D eigenvalue weighted by Crippen LogP contribution is 2.22. The van der Waals surface area contributed by atoms with Crippen LogP contribution in [0.5, 0.6) is 5.75 Å². The molecule has 0 N–H and O–H groups in total. The molecule has 2 aromatic heterocycles. The van der Waals surface area contributed by atoms with Crippen LogP contribution in [0.3, 0.4) is 0 Å². The number of nitriles is 1. The molecule has 0 unspecified atom stereocenters. The van der Waals surface area contributed by atoms with E-state index in [0.29, 0.717) is 17.9 Å². The first-order chi connectivity index (χ1) is 13.0. The maximum atomic E-state index is 12.7. The first-order valence-electron chi connectivity index (χ1n) is 8.53. The van der Waals surface area contributed by atoms with Gasteiger partial charge in [-0.2, -0.15) is 5.26 Å². The normalized spacial score (nSPS) is 11.3. The monoisotopic (exact) mass is 360 g/mol. The molecular weight excluding hydrogens is 340 g/mol. The van der Waals surface area contributed by atoms with Gasteiger partial charge in [0.15, 0.2) is 0 Å². The molecule has 0 aliphatic carbocycles. The summed E-state index contributed by atoms with van der Waals surface area (Å²) in [5, 5.41) is 9.53. The Kier molecular flexibility index (Phi) is 5.28. The fourth-order valence-corrected chi connectivity index (χ4v) is 3.00. The molecule has 5 heteroatoms. The number of furan rings is 1. The van der Waals surface area contributed by atoms with Gasteiger partial charge in [0.05, 0.1) is 19.9 Å². The van der Waals surface area contributed by atoms with E-state index in [4.69, 9.17) is 9.15 Å². The predicted molar refractivity (Wildman–Crippen MR) is 103 cm³/mol. The van der Waals surface area contributed by atoms with Gasteiger partial charge in [-0.05, 0) is 55.8 Å². The van der Waals surface area contributed by atoms with Gasteiger partial charge in [0.2, 0.25) is 5.78 Å². The lowest BCUT2D eigenvalue weighted by Gasteiger charge is -2.07. The van der Waals surface area contributed by atoms with Crippen LogP contribution in [0.2, 0.25) is 0 Å². The van der Waals surface area contributed by atoms with E-state index in [-0.39, 0.29) is 11.4 Å². The Morgan fingerprint density at radius 3 is 2.74 bits per heavy atom. The Hall–Kier alpha value is -3.52. The van der Waals surface area contributed by atoms with Gasteiger partial charge in [-0.15, -0.1) is 0 Å². The van der Waals surface area contributed by atoms with Crippen LogP contribution in [-0.4, -0.2) is 17.5 Å². The molecule has 0 atom stereocenters. The van der Waals surface area contributed by atoms with Crippen molar-refractivity contribution in [1.82, 2.24) is 4.57 Å². The highest BCUT2D eigenvalue weighted by Gasteiger charge is 2.15. The number of aryl methyl sites for hydroxylation is 1. The Labute approximate surface area is 158 Å². The molecule has 0 saturated carbocycles. The first kappa shape index (κ1) is 18.3. The number of benzene rings is 1. The molecule has 0 amide bonds. The van der Waals surface area contributed by atoms with Crippen molar-refractivity contribution in [1.29, 1.82) is 5.26 Å². The van der Waals surface area contributed by atoms with Gasteiger partial charge >= 0.3 is 0 Å². The summed E-state index contributed by atoms with van der Waals surface area (Å²) in [5.41, 5.74) is 3.34. The Balaban J connectivity index is 1.94. The molecule has 3 aromatic rings.